The van der Waals surface area contributed by atoms with Gasteiger partial charge in [-0.25, -0.2) is 17.4 Å². The first kappa shape index (κ1) is 14.6. The minimum absolute atomic E-state index is 0.397. The van der Waals surface area contributed by atoms with Crippen LogP contribution in [0.4, 0.5) is 0 Å². The Labute approximate surface area is 119 Å². The van der Waals surface area contributed by atoms with Crippen molar-refractivity contribution in [3.63, 3.8) is 0 Å². The Morgan fingerprint density at radius 1 is 1.35 bits per heavy atom. The molecule has 0 atom stereocenters. The van der Waals surface area contributed by atoms with Crippen LogP contribution in [0, 0.1) is 0 Å². The predicted molar refractivity (Wildman–Crippen MR) is 78.3 cm³/mol. The highest BCUT2D eigenvalue weighted by Gasteiger charge is 2.13. The molecule has 0 spiro atoms. The second-order valence-corrected chi connectivity index (χ2v) is 6.40. The normalized spacial score (nSPS) is 11.5. The lowest BCUT2D eigenvalue weighted by atomic mass is 10.2. The lowest BCUT2D eigenvalue weighted by Gasteiger charge is -2.08. The Balaban J connectivity index is 2.30. The lowest BCUT2D eigenvalue weighted by Crippen LogP contribution is -2.10. The van der Waals surface area contributed by atoms with Gasteiger partial charge in [-0.05, 0) is 18.6 Å². The second-order valence-electron chi connectivity index (χ2n) is 4.54. The quantitative estimate of drug-likeness (QED) is 0.768. The maximum absolute atomic E-state index is 11.7. The van der Waals surface area contributed by atoms with Gasteiger partial charge in [0.1, 0.15) is 5.75 Å². The topological polar surface area (TPSA) is 61.2 Å². The summed E-state index contributed by atoms with van der Waals surface area (Å²) >= 11 is 0. The summed E-state index contributed by atoms with van der Waals surface area (Å²) in [6, 6.07) is 7.31. The Morgan fingerprint density at radius 3 is 2.85 bits per heavy atom. The molecule has 6 heteroatoms. The summed E-state index contributed by atoms with van der Waals surface area (Å²) in [5.41, 5.74) is 0.717. The van der Waals surface area contributed by atoms with Gasteiger partial charge in [-0.2, -0.15) is 0 Å². The molecule has 0 fully saturated rings. The summed E-state index contributed by atoms with van der Waals surface area (Å²) < 4.78 is 30.1. The van der Waals surface area contributed by atoms with E-state index in [9.17, 15) is 8.42 Å². The van der Waals surface area contributed by atoms with E-state index in [1.165, 1.54) is 12.4 Å². The molecule has 1 aromatic heterocycles. The molecule has 0 aliphatic rings. The van der Waals surface area contributed by atoms with Crippen LogP contribution in [0.5, 0.6) is 5.75 Å². The highest BCUT2D eigenvalue weighted by atomic mass is 32.2. The number of nitrogens with zero attached hydrogens (tertiary/aromatic N) is 2. The van der Waals surface area contributed by atoms with Gasteiger partial charge >= 0.3 is 0 Å². The minimum atomic E-state index is -3.36. The summed E-state index contributed by atoms with van der Waals surface area (Å²) in [6.07, 6.45) is 6.12. The van der Waals surface area contributed by atoms with Gasteiger partial charge in [-0.3, -0.25) is 0 Å². The predicted octanol–water partition coefficient (Wildman–Crippen LogP) is 2.54. The van der Waals surface area contributed by atoms with E-state index in [1.54, 1.807) is 6.07 Å². The minimum Gasteiger partial charge on any atom is -0.494 e. The second kappa shape index (κ2) is 6.09. The zero-order valence-corrected chi connectivity index (χ0v) is 12.4. The van der Waals surface area contributed by atoms with Gasteiger partial charge < -0.3 is 4.74 Å². The van der Waals surface area contributed by atoms with Crippen LogP contribution < -0.4 is 4.74 Å². The van der Waals surface area contributed by atoms with Gasteiger partial charge in [0.2, 0.25) is 10.0 Å². The number of hydrogen-bond acceptors (Lipinski definition) is 4. The van der Waals surface area contributed by atoms with E-state index in [0.29, 0.717) is 12.4 Å². The third-order valence-electron chi connectivity index (χ3n) is 2.82. The molecule has 0 N–H and O–H groups in total. The van der Waals surface area contributed by atoms with E-state index in [2.05, 4.69) is 11.9 Å². The summed E-state index contributed by atoms with van der Waals surface area (Å²) in [6.45, 7) is 2.75. The fourth-order valence-electron chi connectivity index (χ4n) is 1.82. The molecular formula is C14H18N2O3S. The van der Waals surface area contributed by atoms with Crippen molar-refractivity contribution in [1.82, 2.24) is 8.96 Å². The molecule has 1 aromatic carbocycles. The fraction of sp³-hybridized carbons (Fsp3) is 0.357. The van der Waals surface area contributed by atoms with E-state index in [1.807, 2.05) is 18.2 Å². The average Bonchev–Trinajstić information content (AvgIpc) is 2.88. The van der Waals surface area contributed by atoms with Crippen LogP contribution in [0.25, 0.3) is 11.4 Å². The monoisotopic (exact) mass is 294 g/mol. The van der Waals surface area contributed by atoms with Crippen LogP contribution in [-0.2, 0) is 10.0 Å². The summed E-state index contributed by atoms with van der Waals surface area (Å²) in [4.78, 5) is 4.12. The number of imidazole rings is 1. The number of aromatic nitrogens is 2. The van der Waals surface area contributed by atoms with Crippen molar-refractivity contribution in [2.24, 2.45) is 0 Å². The van der Waals surface area contributed by atoms with Crippen LogP contribution in [0.15, 0.2) is 36.7 Å². The highest BCUT2D eigenvalue weighted by Crippen LogP contribution is 2.23. The van der Waals surface area contributed by atoms with Gasteiger partial charge in [0.15, 0.2) is 5.82 Å². The van der Waals surface area contributed by atoms with Crippen molar-refractivity contribution >= 4 is 10.0 Å². The molecule has 2 aromatic rings. The number of unbranched alkanes of at least 4 members (excludes halogenated alkanes) is 1. The molecular weight excluding hydrogens is 276 g/mol. The van der Waals surface area contributed by atoms with E-state index >= 15 is 0 Å². The van der Waals surface area contributed by atoms with E-state index in [4.69, 9.17) is 4.74 Å². The van der Waals surface area contributed by atoms with Gasteiger partial charge in [-0.15, -0.1) is 0 Å². The smallest absolute Gasteiger partial charge is 0.237 e. The van der Waals surface area contributed by atoms with Crippen LogP contribution in [0.1, 0.15) is 19.8 Å². The molecule has 1 heterocycles. The van der Waals surface area contributed by atoms with Crippen molar-refractivity contribution in [2.45, 2.75) is 19.8 Å². The van der Waals surface area contributed by atoms with Crippen LogP contribution in [-0.4, -0.2) is 30.2 Å². The molecule has 0 radical (unpaired) electrons. The lowest BCUT2D eigenvalue weighted by molar-refractivity contribution is 0.309. The largest absolute Gasteiger partial charge is 0.494 e. The maximum Gasteiger partial charge on any atom is 0.237 e. The zero-order valence-electron chi connectivity index (χ0n) is 11.6. The molecule has 108 valence electrons. The Kier molecular flexibility index (Phi) is 4.44. The number of hydrogen-bond donors (Lipinski definition) is 0. The molecule has 5 nitrogen and oxygen atoms in total. The third-order valence-corrected chi connectivity index (χ3v) is 3.83. The number of ether oxygens (including phenoxy) is 1. The highest BCUT2D eigenvalue weighted by molar-refractivity contribution is 7.89. The SMILES string of the molecule is CCCCOc1cccc(-c2nccn2S(C)(=O)=O)c1. The van der Waals surface area contributed by atoms with Crippen molar-refractivity contribution in [3.8, 4) is 17.1 Å². The van der Waals surface area contributed by atoms with E-state index in [-0.39, 0.29) is 0 Å². The molecule has 0 saturated carbocycles. The van der Waals surface area contributed by atoms with Crippen molar-refractivity contribution in [2.75, 3.05) is 12.9 Å². The molecule has 0 aliphatic carbocycles. The standard InChI is InChI=1S/C14H18N2O3S/c1-3-4-10-19-13-7-5-6-12(11-13)14-15-8-9-16(14)20(2,17)18/h5-9,11H,3-4,10H2,1-2H3. The number of rotatable bonds is 6. The molecule has 20 heavy (non-hydrogen) atoms. The summed E-state index contributed by atoms with van der Waals surface area (Å²) in [5.74, 6) is 1.12. The average molecular weight is 294 g/mol. The molecule has 0 aliphatic heterocycles. The first-order chi connectivity index (χ1) is 9.52. The third kappa shape index (κ3) is 3.39. The van der Waals surface area contributed by atoms with Gasteiger partial charge in [0, 0.05) is 18.0 Å². The van der Waals surface area contributed by atoms with E-state index in [0.717, 1.165) is 34.4 Å². The van der Waals surface area contributed by atoms with Crippen molar-refractivity contribution in [3.05, 3.63) is 36.7 Å². The molecule has 0 amide bonds. The van der Waals surface area contributed by atoms with Gasteiger partial charge in [0.25, 0.3) is 0 Å². The Bertz CT molecular complexity index is 677. The van der Waals surface area contributed by atoms with Crippen LogP contribution in [0.3, 0.4) is 0 Å². The maximum atomic E-state index is 11.7. The first-order valence-electron chi connectivity index (χ1n) is 6.49. The Hall–Kier alpha value is -1.82. The zero-order chi connectivity index (χ0) is 14.6. The summed E-state index contributed by atoms with van der Waals surface area (Å²) in [7, 11) is -3.36. The molecule has 0 unspecified atom stereocenters. The molecule has 0 bridgehead atoms. The van der Waals surface area contributed by atoms with Crippen molar-refractivity contribution < 1.29 is 13.2 Å². The van der Waals surface area contributed by atoms with E-state index < -0.39 is 10.0 Å². The summed E-state index contributed by atoms with van der Waals surface area (Å²) in [5, 5.41) is 0. The van der Waals surface area contributed by atoms with Crippen LogP contribution >= 0.6 is 0 Å². The molecule has 0 saturated heterocycles. The molecule has 2 rings (SSSR count). The Morgan fingerprint density at radius 2 is 2.15 bits per heavy atom. The van der Waals surface area contributed by atoms with Crippen LogP contribution in [0.2, 0.25) is 0 Å². The van der Waals surface area contributed by atoms with Gasteiger partial charge in [0.05, 0.1) is 12.9 Å². The fourth-order valence-corrected chi connectivity index (χ4v) is 2.56. The first-order valence-corrected chi connectivity index (χ1v) is 8.34. The van der Waals surface area contributed by atoms with Crippen molar-refractivity contribution in [1.29, 1.82) is 0 Å². The van der Waals surface area contributed by atoms with Gasteiger partial charge in [-0.1, -0.05) is 25.5 Å². The number of benzene rings is 1.